The number of aromatic nitrogens is 1. The van der Waals surface area contributed by atoms with E-state index in [9.17, 15) is 14.9 Å². The number of nitriles is 1. The number of carbonyl (C=O) groups excluding carboxylic acids is 2. The molecule has 0 saturated carbocycles. The van der Waals surface area contributed by atoms with Gasteiger partial charge in [0.1, 0.15) is 6.07 Å². The van der Waals surface area contributed by atoms with Crippen LogP contribution in [0, 0.1) is 11.3 Å². The summed E-state index contributed by atoms with van der Waals surface area (Å²) >= 11 is 0. The third-order valence-corrected chi connectivity index (χ3v) is 6.98. The van der Waals surface area contributed by atoms with Gasteiger partial charge in [-0.25, -0.2) is 4.79 Å². The molecule has 2 aliphatic heterocycles. The van der Waals surface area contributed by atoms with Crippen molar-refractivity contribution in [3.05, 3.63) is 35.0 Å². The molecule has 0 unspecified atom stereocenters. The molecule has 0 bridgehead atoms. The molecule has 0 spiro atoms. The van der Waals surface area contributed by atoms with E-state index >= 15 is 0 Å². The molecule has 4 rings (SSSR count). The number of nitrogens with one attached hydrogen (secondary N) is 2. The standard InChI is InChI=1S/C23H29N5O2/c24-14-17-15-27-22-19(17)12-16(13-20(22)23(25)30)4-5-21(29)28(10-2-1-3-11-28)18-6-8-26-9-7-18/h12-13,15,18,26H,1-11H2,(H2-,25,27,30)/p+1. The number of nitrogens with zero attached hydrogens (tertiary/aromatic N) is 2. The van der Waals surface area contributed by atoms with Gasteiger partial charge < -0.3 is 16.0 Å². The Labute approximate surface area is 176 Å². The number of benzene rings is 1. The summed E-state index contributed by atoms with van der Waals surface area (Å²) in [6.45, 7) is 3.87. The van der Waals surface area contributed by atoms with Crippen LogP contribution in [0.5, 0.6) is 0 Å². The highest BCUT2D eigenvalue weighted by atomic mass is 16.2. The van der Waals surface area contributed by atoms with Crippen LogP contribution in [0.15, 0.2) is 18.3 Å². The van der Waals surface area contributed by atoms with Gasteiger partial charge >= 0.3 is 5.91 Å². The largest absolute Gasteiger partial charge is 0.366 e. The molecule has 2 aromatic rings. The number of amides is 2. The van der Waals surface area contributed by atoms with E-state index < -0.39 is 5.91 Å². The van der Waals surface area contributed by atoms with E-state index in [2.05, 4.69) is 16.4 Å². The molecule has 2 aliphatic rings. The van der Waals surface area contributed by atoms with E-state index in [1.165, 1.54) is 6.42 Å². The molecule has 1 aromatic carbocycles. The average molecular weight is 409 g/mol. The van der Waals surface area contributed by atoms with E-state index in [-0.39, 0.29) is 0 Å². The van der Waals surface area contributed by atoms with Crippen molar-refractivity contribution in [1.29, 1.82) is 5.26 Å². The van der Waals surface area contributed by atoms with E-state index in [0.717, 1.165) is 57.4 Å². The van der Waals surface area contributed by atoms with Crippen molar-refractivity contribution in [3.8, 4) is 6.07 Å². The lowest BCUT2D eigenvalue weighted by Crippen LogP contribution is -2.63. The fraction of sp³-hybridized carbons (Fsp3) is 0.522. The van der Waals surface area contributed by atoms with Crippen molar-refractivity contribution in [3.63, 3.8) is 0 Å². The number of hydrogen-bond donors (Lipinski definition) is 3. The number of quaternary nitrogens is 1. The SMILES string of the molecule is N#Cc1c[nH]c2c(C(N)=O)cc(CCC(=O)[N+]3(C4CCNCC4)CCCCC3)cc12. The number of H-pyrrole nitrogens is 1. The van der Waals surface area contributed by atoms with Gasteiger partial charge in [-0.05, 0) is 43.4 Å². The van der Waals surface area contributed by atoms with Crippen LogP contribution in [0.1, 0.15) is 60.0 Å². The Morgan fingerprint density at radius 2 is 1.90 bits per heavy atom. The Morgan fingerprint density at radius 1 is 1.17 bits per heavy atom. The van der Waals surface area contributed by atoms with Gasteiger partial charge in [0.2, 0.25) is 0 Å². The Balaban J connectivity index is 1.58. The van der Waals surface area contributed by atoms with Crippen molar-refractivity contribution in [1.82, 2.24) is 10.3 Å². The maximum absolute atomic E-state index is 13.5. The van der Waals surface area contributed by atoms with Gasteiger partial charge in [-0.3, -0.25) is 9.28 Å². The van der Waals surface area contributed by atoms with E-state index in [4.69, 9.17) is 5.73 Å². The number of aryl methyl sites for hydroxylation is 1. The smallest absolute Gasteiger partial charge is 0.314 e. The predicted molar refractivity (Wildman–Crippen MR) is 115 cm³/mol. The van der Waals surface area contributed by atoms with Crippen LogP contribution >= 0.6 is 0 Å². The topological polar surface area (TPSA) is 112 Å². The average Bonchev–Trinajstić information content (AvgIpc) is 3.20. The number of likely N-dealkylation sites (tertiary alicyclic amines) is 1. The van der Waals surface area contributed by atoms with Gasteiger partial charge in [-0.2, -0.15) is 5.26 Å². The summed E-state index contributed by atoms with van der Waals surface area (Å²) in [5.41, 5.74) is 7.89. The maximum Gasteiger partial charge on any atom is 0.314 e. The van der Waals surface area contributed by atoms with Crippen molar-refractivity contribution in [2.45, 2.75) is 51.0 Å². The molecule has 0 atom stereocenters. The van der Waals surface area contributed by atoms with Crippen LogP contribution < -0.4 is 11.1 Å². The Morgan fingerprint density at radius 3 is 2.57 bits per heavy atom. The van der Waals surface area contributed by atoms with Crippen molar-refractivity contribution < 1.29 is 14.1 Å². The Hall–Kier alpha value is -2.69. The first kappa shape index (κ1) is 20.6. The number of carbonyl (C=O) groups is 2. The summed E-state index contributed by atoms with van der Waals surface area (Å²) in [6, 6.07) is 6.24. The zero-order chi connectivity index (χ0) is 21.1. The summed E-state index contributed by atoms with van der Waals surface area (Å²) < 4.78 is 0.625. The first-order valence-electron chi connectivity index (χ1n) is 11.0. The Kier molecular flexibility index (Phi) is 5.89. The minimum Gasteiger partial charge on any atom is -0.366 e. The minimum atomic E-state index is -0.534. The van der Waals surface area contributed by atoms with Gasteiger partial charge in [-0.15, -0.1) is 0 Å². The molecule has 3 heterocycles. The summed E-state index contributed by atoms with van der Waals surface area (Å²) in [5.74, 6) is -0.217. The zero-order valence-corrected chi connectivity index (χ0v) is 17.4. The second-order valence-corrected chi connectivity index (χ2v) is 8.66. The summed E-state index contributed by atoms with van der Waals surface area (Å²) in [4.78, 5) is 28.5. The number of primary amides is 1. The molecule has 158 valence electrons. The van der Waals surface area contributed by atoms with Crippen molar-refractivity contribution in [2.24, 2.45) is 5.73 Å². The fourth-order valence-corrected chi connectivity index (χ4v) is 5.39. The third kappa shape index (κ3) is 3.73. The number of rotatable bonds is 5. The highest BCUT2D eigenvalue weighted by Gasteiger charge is 2.44. The molecule has 2 amide bonds. The monoisotopic (exact) mass is 408 g/mol. The highest BCUT2D eigenvalue weighted by molar-refractivity contribution is 6.06. The lowest BCUT2D eigenvalue weighted by molar-refractivity contribution is -0.885. The van der Waals surface area contributed by atoms with Gasteiger partial charge in [0.15, 0.2) is 0 Å². The molecule has 1 aromatic heterocycles. The second-order valence-electron chi connectivity index (χ2n) is 8.66. The number of aromatic amines is 1. The van der Waals surface area contributed by atoms with E-state index in [1.54, 1.807) is 12.3 Å². The quantitative estimate of drug-likeness (QED) is 0.659. The number of piperidine rings is 2. The minimum absolute atomic E-state index is 0.317. The summed E-state index contributed by atoms with van der Waals surface area (Å²) in [5, 5.41) is 13.5. The first-order valence-corrected chi connectivity index (χ1v) is 11.0. The number of hydrogen-bond acceptors (Lipinski definition) is 4. The summed E-state index contributed by atoms with van der Waals surface area (Å²) in [6.07, 6.45) is 8.13. The Bertz CT molecular complexity index is 991. The van der Waals surface area contributed by atoms with E-state index in [0.29, 0.717) is 51.3 Å². The number of fused-ring (bicyclic) bond motifs is 1. The predicted octanol–water partition coefficient (Wildman–Crippen LogP) is 2.35. The van der Waals surface area contributed by atoms with Crippen molar-refractivity contribution in [2.75, 3.05) is 26.2 Å². The van der Waals surface area contributed by atoms with Crippen LogP contribution in [0.25, 0.3) is 10.9 Å². The zero-order valence-electron chi connectivity index (χ0n) is 17.4. The molecule has 7 heteroatoms. The molecule has 30 heavy (non-hydrogen) atoms. The van der Waals surface area contributed by atoms with Crippen LogP contribution in [0.3, 0.4) is 0 Å². The van der Waals surface area contributed by atoms with E-state index in [1.807, 2.05) is 6.07 Å². The van der Waals surface area contributed by atoms with Crippen LogP contribution in [0.4, 0.5) is 0 Å². The molecule has 0 radical (unpaired) electrons. The molecular formula is C23H30N5O2+. The van der Waals surface area contributed by atoms with Gasteiger partial charge in [0.25, 0.3) is 5.91 Å². The van der Waals surface area contributed by atoms with Gasteiger partial charge in [0, 0.05) is 37.5 Å². The molecule has 2 fully saturated rings. The van der Waals surface area contributed by atoms with Crippen LogP contribution in [-0.4, -0.2) is 53.5 Å². The van der Waals surface area contributed by atoms with Gasteiger partial charge in [-0.1, -0.05) is 0 Å². The van der Waals surface area contributed by atoms with Gasteiger partial charge in [0.05, 0.1) is 42.2 Å². The fourth-order valence-electron chi connectivity index (χ4n) is 5.39. The normalized spacial score (nSPS) is 19.4. The lowest BCUT2D eigenvalue weighted by atomic mass is 9.94. The number of nitrogens with two attached hydrogens (primary N) is 1. The lowest BCUT2D eigenvalue weighted by Gasteiger charge is -2.46. The third-order valence-electron chi connectivity index (χ3n) is 6.98. The van der Waals surface area contributed by atoms with Crippen LogP contribution in [-0.2, 0) is 11.2 Å². The second kappa shape index (κ2) is 8.58. The van der Waals surface area contributed by atoms with Crippen LogP contribution in [0.2, 0.25) is 0 Å². The molecule has 0 aliphatic carbocycles. The maximum atomic E-state index is 13.5. The molecular weight excluding hydrogens is 378 g/mol. The molecule has 4 N–H and O–H groups in total. The molecule has 7 nitrogen and oxygen atoms in total. The summed E-state index contributed by atoms with van der Waals surface area (Å²) in [7, 11) is 0. The van der Waals surface area contributed by atoms with Crippen molar-refractivity contribution >= 4 is 22.7 Å². The highest BCUT2D eigenvalue weighted by Crippen LogP contribution is 2.30. The first-order chi connectivity index (χ1) is 14.5. The molecule has 2 saturated heterocycles.